The maximum absolute atomic E-state index is 11.7. The topological polar surface area (TPSA) is 55.1 Å². The Kier molecular flexibility index (Phi) is 6.56. The van der Waals surface area contributed by atoms with E-state index in [1.807, 2.05) is 0 Å². The molecule has 1 saturated carbocycles. The molecule has 0 unspecified atom stereocenters. The Hall–Kier alpha value is -0.570. The maximum atomic E-state index is 11.7. The molecule has 0 aliphatic heterocycles. The minimum Gasteiger partial charge on any atom is -0.356 e. The molecule has 1 aliphatic carbocycles. The van der Waals surface area contributed by atoms with Gasteiger partial charge in [-0.3, -0.25) is 4.79 Å². The summed E-state index contributed by atoms with van der Waals surface area (Å²) in [6.45, 7) is 5.82. The molecule has 0 saturated heterocycles. The molecule has 1 fully saturated rings. The van der Waals surface area contributed by atoms with Crippen LogP contribution in [0, 0.1) is 17.8 Å². The van der Waals surface area contributed by atoms with E-state index in [4.69, 9.17) is 5.73 Å². The fourth-order valence-corrected chi connectivity index (χ4v) is 2.46. The molecule has 3 heteroatoms. The van der Waals surface area contributed by atoms with Gasteiger partial charge >= 0.3 is 0 Å². The fourth-order valence-electron chi connectivity index (χ4n) is 2.46. The zero-order valence-corrected chi connectivity index (χ0v) is 11.4. The summed E-state index contributed by atoms with van der Waals surface area (Å²) in [6, 6.07) is 0. The molecule has 3 N–H and O–H groups in total. The molecule has 0 bridgehead atoms. The van der Waals surface area contributed by atoms with Gasteiger partial charge in [-0.25, -0.2) is 0 Å². The zero-order valence-electron chi connectivity index (χ0n) is 11.4. The van der Waals surface area contributed by atoms with Gasteiger partial charge in [-0.2, -0.15) is 0 Å². The lowest BCUT2D eigenvalue weighted by molar-refractivity contribution is -0.122. The van der Waals surface area contributed by atoms with Crippen molar-refractivity contribution >= 4 is 5.91 Å². The number of nitrogens with one attached hydrogen (secondary N) is 1. The summed E-state index contributed by atoms with van der Waals surface area (Å²) in [6.07, 6.45) is 6.89. The van der Waals surface area contributed by atoms with Gasteiger partial charge < -0.3 is 11.1 Å². The van der Waals surface area contributed by atoms with Gasteiger partial charge in [0.2, 0.25) is 5.91 Å². The molecule has 0 aromatic rings. The van der Waals surface area contributed by atoms with Gasteiger partial charge in [0.1, 0.15) is 0 Å². The van der Waals surface area contributed by atoms with Crippen LogP contribution in [0.1, 0.15) is 52.4 Å². The highest BCUT2D eigenvalue weighted by Gasteiger charge is 2.18. The van der Waals surface area contributed by atoms with Gasteiger partial charge in [0.15, 0.2) is 0 Å². The molecule has 0 heterocycles. The first-order valence-corrected chi connectivity index (χ1v) is 7.08. The predicted octanol–water partition coefficient (Wildman–Crippen LogP) is 2.30. The fraction of sp³-hybridized carbons (Fsp3) is 0.929. The van der Waals surface area contributed by atoms with E-state index in [2.05, 4.69) is 19.2 Å². The van der Waals surface area contributed by atoms with Gasteiger partial charge in [0.25, 0.3) is 0 Å². The summed E-state index contributed by atoms with van der Waals surface area (Å²) >= 11 is 0. The third-order valence-corrected chi connectivity index (χ3v) is 3.71. The van der Waals surface area contributed by atoms with Crippen LogP contribution in [0.5, 0.6) is 0 Å². The Labute approximate surface area is 106 Å². The van der Waals surface area contributed by atoms with Crippen LogP contribution in [-0.4, -0.2) is 19.0 Å². The second-order valence-electron chi connectivity index (χ2n) is 5.87. The average molecular weight is 240 g/mol. The number of hydrogen-bond acceptors (Lipinski definition) is 2. The van der Waals surface area contributed by atoms with Gasteiger partial charge in [-0.05, 0) is 37.1 Å². The summed E-state index contributed by atoms with van der Waals surface area (Å²) in [5.74, 6) is 2.02. The number of carbonyl (C=O) groups excluding carboxylic acids is 1. The van der Waals surface area contributed by atoms with Gasteiger partial charge in [-0.15, -0.1) is 0 Å². The van der Waals surface area contributed by atoms with Crippen molar-refractivity contribution in [3.63, 3.8) is 0 Å². The van der Waals surface area contributed by atoms with Crippen LogP contribution >= 0.6 is 0 Å². The van der Waals surface area contributed by atoms with E-state index in [0.29, 0.717) is 24.8 Å². The first-order valence-electron chi connectivity index (χ1n) is 7.08. The van der Waals surface area contributed by atoms with Crippen molar-refractivity contribution in [2.45, 2.75) is 52.4 Å². The number of carbonyl (C=O) groups is 1. The molecular formula is C14H28N2O. The molecule has 0 aromatic heterocycles. The van der Waals surface area contributed by atoms with Gasteiger partial charge in [-0.1, -0.05) is 33.1 Å². The van der Waals surface area contributed by atoms with E-state index < -0.39 is 0 Å². The predicted molar refractivity (Wildman–Crippen MR) is 71.6 cm³/mol. The number of rotatable bonds is 8. The van der Waals surface area contributed by atoms with E-state index >= 15 is 0 Å². The van der Waals surface area contributed by atoms with Crippen molar-refractivity contribution in [1.29, 1.82) is 0 Å². The smallest absolute Gasteiger partial charge is 0.220 e. The molecule has 1 aliphatic rings. The van der Waals surface area contributed by atoms with E-state index in [0.717, 1.165) is 25.3 Å². The first kappa shape index (κ1) is 14.5. The van der Waals surface area contributed by atoms with Crippen molar-refractivity contribution < 1.29 is 4.79 Å². The Morgan fingerprint density at radius 3 is 2.59 bits per heavy atom. The molecule has 1 atom stereocenters. The third-order valence-electron chi connectivity index (χ3n) is 3.71. The van der Waals surface area contributed by atoms with Crippen LogP contribution < -0.4 is 11.1 Å². The highest BCUT2D eigenvalue weighted by atomic mass is 16.1. The van der Waals surface area contributed by atoms with E-state index in [9.17, 15) is 4.79 Å². The Bertz CT molecular complexity index is 224. The standard InChI is InChI=1S/C14H28N2O/c1-11(2)8-13(10-15)9-14(17)16-7-6-12-4-3-5-12/h11-13H,3-10,15H2,1-2H3,(H,16,17)/t13-/m0/s1. The second kappa shape index (κ2) is 7.70. The maximum Gasteiger partial charge on any atom is 0.220 e. The largest absolute Gasteiger partial charge is 0.356 e. The van der Waals surface area contributed by atoms with Crippen molar-refractivity contribution in [3.05, 3.63) is 0 Å². The van der Waals surface area contributed by atoms with E-state index in [-0.39, 0.29) is 5.91 Å². The minimum absolute atomic E-state index is 0.181. The minimum atomic E-state index is 0.181. The summed E-state index contributed by atoms with van der Waals surface area (Å²) in [4.78, 5) is 11.7. The first-order chi connectivity index (χ1) is 8.11. The summed E-state index contributed by atoms with van der Waals surface area (Å²) in [5, 5.41) is 3.03. The number of hydrogen-bond donors (Lipinski definition) is 2. The Morgan fingerprint density at radius 1 is 1.41 bits per heavy atom. The van der Waals surface area contributed by atoms with Crippen LogP contribution in [0.4, 0.5) is 0 Å². The van der Waals surface area contributed by atoms with Crippen molar-refractivity contribution in [1.82, 2.24) is 5.32 Å². The third kappa shape index (κ3) is 6.06. The Morgan fingerprint density at radius 2 is 2.12 bits per heavy atom. The summed E-state index contributed by atoms with van der Waals surface area (Å²) < 4.78 is 0. The number of amides is 1. The highest BCUT2D eigenvalue weighted by Crippen LogP contribution is 2.28. The Balaban J connectivity index is 2.08. The lowest BCUT2D eigenvalue weighted by Gasteiger charge is -2.25. The summed E-state index contributed by atoms with van der Waals surface area (Å²) in [5.41, 5.74) is 5.70. The van der Waals surface area contributed by atoms with Crippen LogP contribution in [0.15, 0.2) is 0 Å². The molecule has 0 spiro atoms. The van der Waals surface area contributed by atoms with Gasteiger partial charge in [0, 0.05) is 13.0 Å². The average Bonchev–Trinajstić information content (AvgIpc) is 2.20. The van der Waals surface area contributed by atoms with Crippen molar-refractivity contribution in [2.24, 2.45) is 23.5 Å². The van der Waals surface area contributed by atoms with Crippen LogP contribution in [-0.2, 0) is 4.79 Å². The highest BCUT2D eigenvalue weighted by molar-refractivity contribution is 5.76. The molecule has 1 amide bonds. The lowest BCUT2D eigenvalue weighted by atomic mass is 9.83. The molecule has 0 aromatic carbocycles. The van der Waals surface area contributed by atoms with Crippen molar-refractivity contribution in [2.75, 3.05) is 13.1 Å². The zero-order chi connectivity index (χ0) is 12.7. The monoisotopic (exact) mass is 240 g/mol. The molecule has 3 nitrogen and oxygen atoms in total. The molecule has 17 heavy (non-hydrogen) atoms. The normalized spacial score (nSPS) is 17.9. The number of nitrogens with two attached hydrogens (primary N) is 1. The molecule has 0 radical (unpaired) electrons. The van der Waals surface area contributed by atoms with Crippen LogP contribution in [0.2, 0.25) is 0 Å². The van der Waals surface area contributed by atoms with Crippen molar-refractivity contribution in [3.8, 4) is 0 Å². The molecule has 100 valence electrons. The quantitative estimate of drug-likeness (QED) is 0.684. The van der Waals surface area contributed by atoms with E-state index in [1.165, 1.54) is 19.3 Å². The van der Waals surface area contributed by atoms with E-state index in [1.54, 1.807) is 0 Å². The second-order valence-corrected chi connectivity index (χ2v) is 5.87. The molecular weight excluding hydrogens is 212 g/mol. The van der Waals surface area contributed by atoms with Gasteiger partial charge in [0.05, 0.1) is 0 Å². The lowest BCUT2D eigenvalue weighted by Crippen LogP contribution is -2.31. The summed E-state index contributed by atoms with van der Waals surface area (Å²) in [7, 11) is 0. The molecule has 1 rings (SSSR count). The SMILES string of the molecule is CC(C)C[C@H](CN)CC(=O)NCCC1CCC1. The van der Waals surface area contributed by atoms with Crippen LogP contribution in [0.25, 0.3) is 0 Å². The van der Waals surface area contributed by atoms with Crippen LogP contribution in [0.3, 0.4) is 0 Å².